The van der Waals surface area contributed by atoms with Crippen molar-refractivity contribution in [3.05, 3.63) is 47.1 Å². The summed E-state index contributed by atoms with van der Waals surface area (Å²) in [5.74, 6) is -0.329. The highest BCUT2D eigenvalue weighted by atomic mass is 19.2. The van der Waals surface area contributed by atoms with Gasteiger partial charge in [-0.05, 0) is 37.1 Å². The van der Waals surface area contributed by atoms with E-state index in [1.165, 1.54) is 6.07 Å². The summed E-state index contributed by atoms with van der Waals surface area (Å²) in [5.41, 5.74) is 0.612. The van der Waals surface area contributed by atoms with Gasteiger partial charge in [0.1, 0.15) is 0 Å². The van der Waals surface area contributed by atoms with E-state index in [2.05, 4.69) is 15.5 Å². The van der Waals surface area contributed by atoms with Crippen LogP contribution in [0.1, 0.15) is 36.0 Å². The molecule has 6 heteroatoms. The van der Waals surface area contributed by atoms with Gasteiger partial charge < -0.3 is 9.84 Å². The molecule has 4 nitrogen and oxygen atoms in total. The van der Waals surface area contributed by atoms with Gasteiger partial charge in [0.05, 0.1) is 6.42 Å². The predicted octanol–water partition coefficient (Wildman–Crippen LogP) is 2.41. The summed E-state index contributed by atoms with van der Waals surface area (Å²) in [7, 11) is 0. The molecule has 1 aromatic heterocycles. The molecule has 1 unspecified atom stereocenters. The summed E-state index contributed by atoms with van der Waals surface area (Å²) >= 11 is 0. The third-order valence-corrected chi connectivity index (χ3v) is 3.49. The van der Waals surface area contributed by atoms with Crippen LogP contribution in [0.15, 0.2) is 22.7 Å². The van der Waals surface area contributed by atoms with Crippen LogP contribution < -0.4 is 5.32 Å². The Hall–Kier alpha value is -1.82. The number of hydrogen-bond donors (Lipinski definition) is 1. The van der Waals surface area contributed by atoms with E-state index in [-0.39, 0.29) is 5.92 Å². The van der Waals surface area contributed by atoms with Crippen molar-refractivity contribution < 1.29 is 13.3 Å². The van der Waals surface area contributed by atoms with Crippen LogP contribution in [0.4, 0.5) is 8.78 Å². The molecule has 20 heavy (non-hydrogen) atoms. The first kappa shape index (κ1) is 13.2. The van der Waals surface area contributed by atoms with Crippen molar-refractivity contribution in [3.63, 3.8) is 0 Å². The van der Waals surface area contributed by atoms with Gasteiger partial charge in [0.2, 0.25) is 5.89 Å². The van der Waals surface area contributed by atoms with Gasteiger partial charge >= 0.3 is 0 Å². The van der Waals surface area contributed by atoms with Gasteiger partial charge in [0.15, 0.2) is 17.5 Å². The highest BCUT2D eigenvalue weighted by Crippen LogP contribution is 2.21. The maximum absolute atomic E-state index is 13.1. The fourth-order valence-electron chi connectivity index (χ4n) is 2.40. The van der Waals surface area contributed by atoms with E-state index in [0.29, 0.717) is 23.7 Å². The highest BCUT2D eigenvalue weighted by Gasteiger charge is 2.20. The summed E-state index contributed by atoms with van der Waals surface area (Å²) in [6, 6.07) is 3.78. The number of rotatable bonds is 3. The van der Waals surface area contributed by atoms with Crippen LogP contribution in [0, 0.1) is 11.6 Å². The van der Waals surface area contributed by atoms with Crippen molar-refractivity contribution in [2.75, 3.05) is 13.1 Å². The number of halogens is 2. The number of nitrogens with zero attached hydrogens (tertiary/aromatic N) is 2. The normalized spacial score (nSPS) is 19.2. The van der Waals surface area contributed by atoms with Gasteiger partial charge in [-0.15, -0.1) is 0 Å². The molecule has 3 rings (SSSR count). The minimum absolute atomic E-state index is 0.270. The zero-order valence-electron chi connectivity index (χ0n) is 10.9. The summed E-state index contributed by atoms with van der Waals surface area (Å²) in [6.07, 6.45) is 2.44. The summed E-state index contributed by atoms with van der Waals surface area (Å²) in [5, 5.41) is 7.28. The van der Waals surface area contributed by atoms with Crippen molar-refractivity contribution in [1.29, 1.82) is 0 Å². The summed E-state index contributed by atoms with van der Waals surface area (Å²) < 4.78 is 31.2. The molecule has 1 atom stereocenters. The lowest BCUT2D eigenvalue weighted by Gasteiger charge is -2.19. The topological polar surface area (TPSA) is 51.0 Å². The van der Waals surface area contributed by atoms with Crippen molar-refractivity contribution in [2.45, 2.75) is 25.2 Å². The summed E-state index contributed by atoms with van der Waals surface area (Å²) in [4.78, 5) is 4.35. The molecule has 1 aliphatic heterocycles. The van der Waals surface area contributed by atoms with E-state index in [4.69, 9.17) is 4.52 Å². The quantitative estimate of drug-likeness (QED) is 0.937. The lowest BCUT2D eigenvalue weighted by molar-refractivity contribution is 0.365. The minimum atomic E-state index is -0.862. The second-order valence-electron chi connectivity index (χ2n) is 5.01. The van der Waals surface area contributed by atoms with Crippen molar-refractivity contribution in [1.82, 2.24) is 15.5 Å². The van der Waals surface area contributed by atoms with Crippen LogP contribution in [-0.4, -0.2) is 23.2 Å². The number of piperidine rings is 1. The Morgan fingerprint density at radius 3 is 2.95 bits per heavy atom. The van der Waals surface area contributed by atoms with Gasteiger partial charge in [-0.3, -0.25) is 0 Å². The molecule has 2 aromatic rings. The maximum atomic E-state index is 13.1. The Balaban J connectivity index is 1.71. The van der Waals surface area contributed by atoms with Crippen LogP contribution in [0.2, 0.25) is 0 Å². The molecule has 0 spiro atoms. The molecular formula is C14H15F2N3O. The van der Waals surface area contributed by atoms with Crippen LogP contribution in [0.25, 0.3) is 0 Å². The van der Waals surface area contributed by atoms with Gasteiger partial charge in [-0.1, -0.05) is 11.2 Å². The molecule has 1 aliphatic rings. The first-order chi connectivity index (χ1) is 9.72. The van der Waals surface area contributed by atoms with Gasteiger partial charge in [-0.2, -0.15) is 4.98 Å². The monoisotopic (exact) mass is 279 g/mol. The van der Waals surface area contributed by atoms with E-state index >= 15 is 0 Å². The Kier molecular flexibility index (Phi) is 3.73. The van der Waals surface area contributed by atoms with Crippen LogP contribution in [0.5, 0.6) is 0 Å². The Morgan fingerprint density at radius 2 is 2.20 bits per heavy atom. The van der Waals surface area contributed by atoms with E-state index in [9.17, 15) is 8.78 Å². The van der Waals surface area contributed by atoms with Crippen molar-refractivity contribution >= 4 is 0 Å². The zero-order valence-corrected chi connectivity index (χ0v) is 10.9. The van der Waals surface area contributed by atoms with E-state index in [1.54, 1.807) is 0 Å². The smallest absolute Gasteiger partial charge is 0.231 e. The lowest BCUT2D eigenvalue weighted by Crippen LogP contribution is -2.28. The van der Waals surface area contributed by atoms with Crippen LogP contribution >= 0.6 is 0 Å². The average Bonchev–Trinajstić information content (AvgIpc) is 2.92. The van der Waals surface area contributed by atoms with Gasteiger partial charge in [0, 0.05) is 12.5 Å². The maximum Gasteiger partial charge on any atom is 0.231 e. The van der Waals surface area contributed by atoms with Gasteiger partial charge in [0.25, 0.3) is 0 Å². The Labute approximate surface area is 115 Å². The molecule has 0 radical (unpaired) electrons. The fraction of sp³-hybridized carbons (Fsp3) is 0.429. The Morgan fingerprint density at radius 1 is 1.30 bits per heavy atom. The summed E-state index contributed by atoms with van der Waals surface area (Å²) in [6.45, 7) is 1.88. The van der Waals surface area contributed by atoms with Crippen LogP contribution in [0.3, 0.4) is 0 Å². The van der Waals surface area contributed by atoms with E-state index in [0.717, 1.165) is 38.1 Å². The first-order valence-corrected chi connectivity index (χ1v) is 6.69. The predicted molar refractivity (Wildman–Crippen MR) is 68.3 cm³/mol. The molecule has 0 saturated carbocycles. The first-order valence-electron chi connectivity index (χ1n) is 6.69. The third-order valence-electron chi connectivity index (χ3n) is 3.49. The molecular weight excluding hydrogens is 264 g/mol. The second-order valence-corrected chi connectivity index (χ2v) is 5.01. The molecule has 1 fully saturated rings. The average molecular weight is 279 g/mol. The standard InChI is InChI=1S/C14H15F2N3O/c15-11-4-3-9(6-12(11)16)7-13-18-14(19-20-13)10-2-1-5-17-8-10/h3-4,6,10,17H,1-2,5,7-8H2. The van der Waals surface area contributed by atoms with Crippen LogP contribution in [-0.2, 0) is 6.42 Å². The molecule has 0 aliphatic carbocycles. The molecule has 1 N–H and O–H groups in total. The number of nitrogens with one attached hydrogen (secondary N) is 1. The molecule has 0 amide bonds. The van der Waals surface area contributed by atoms with Gasteiger partial charge in [-0.25, -0.2) is 8.78 Å². The van der Waals surface area contributed by atoms with E-state index < -0.39 is 11.6 Å². The SMILES string of the molecule is Fc1ccc(Cc2nc(C3CCCNC3)no2)cc1F. The molecule has 0 bridgehead atoms. The Bertz CT molecular complexity index is 594. The molecule has 1 saturated heterocycles. The molecule has 106 valence electrons. The number of hydrogen-bond acceptors (Lipinski definition) is 4. The largest absolute Gasteiger partial charge is 0.339 e. The third kappa shape index (κ3) is 2.85. The second kappa shape index (κ2) is 5.66. The van der Waals surface area contributed by atoms with Crippen molar-refractivity contribution in [2.24, 2.45) is 0 Å². The number of aromatic nitrogens is 2. The number of benzene rings is 1. The zero-order chi connectivity index (χ0) is 13.9. The molecule has 2 heterocycles. The van der Waals surface area contributed by atoms with Crippen molar-refractivity contribution in [3.8, 4) is 0 Å². The fourth-order valence-corrected chi connectivity index (χ4v) is 2.40. The lowest BCUT2D eigenvalue weighted by atomic mass is 9.99. The van der Waals surface area contributed by atoms with E-state index in [1.807, 2.05) is 0 Å². The highest BCUT2D eigenvalue weighted by molar-refractivity contribution is 5.20. The molecule has 1 aromatic carbocycles. The minimum Gasteiger partial charge on any atom is -0.339 e.